The smallest absolute Gasteiger partial charge is 0.343 e. The van der Waals surface area contributed by atoms with E-state index in [1.807, 2.05) is 0 Å². The number of methoxy groups -OCH3 is 1. The Balaban J connectivity index is 2.23. The fraction of sp³-hybridized carbons (Fsp3) is 0.500. The summed E-state index contributed by atoms with van der Waals surface area (Å²) in [5, 5.41) is 7.55. The molecule has 0 radical (unpaired) electrons. The van der Waals surface area contributed by atoms with Crippen molar-refractivity contribution in [3.05, 3.63) is 16.8 Å². The van der Waals surface area contributed by atoms with Crippen molar-refractivity contribution in [2.24, 2.45) is 0 Å². The molecule has 1 aliphatic carbocycles. The van der Waals surface area contributed by atoms with Crippen LogP contribution in [0.15, 0.2) is 6.07 Å². The minimum Gasteiger partial charge on any atom is -0.473 e. The molecule has 1 fully saturated rings. The van der Waals surface area contributed by atoms with E-state index in [4.69, 9.17) is 16.3 Å². The normalized spacial score (nSPS) is 15.4. The van der Waals surface area contributed by atoms with Crippen molar-refractivity contribution in [3.63, 3.8) is 0 Å². The number of rotatable bonds is 3. The zero-order chi connectivity index (χ0) is 11.5. The van der Waals surface area contributed by atoms with Gasteiger partial charge in [-0.05, 0) is 25.3 Å². The van der Waals surface area contributed by atoms with Gasteiger partial charge in [0.25, 0.3) is 0 Å². The molecule has 0 N–H and O–H groups in total. The fourth-order valence-corrected chi connectivity index (χ4v) is 1.49. The Morgan fingerprint density at radius 3 is 2.81 bits per heavy atom. The van der Waals surface area contributed by atoms with Gasteiger partial charge in [-0.25, -0.2) is 4.79 Å². The van der Waals surface area contributed by atoms with Crippen molar-refractivity contribution >= 4 is 17.6 Å². The van der Waals surface area contributed by atoms with Gasteiger partial charge in [0.05, 0.1) is 7.11 Å². The molecule has 0 atom stereocenters. The van der Waals surface area contributed by atoms with E-state index in [1.165, 1.54) is 13.2 Å². The molecule has 0 aromatic carbocycles. The Labute approximate surface area is 97.7 Å². The van der Waals surface area contributed by atoms with E-state index in [2.05, 4.69) is 14.9 Å². The van der Waals surface area contributed by atoms with Crippen LogP contribution in [0.4, 0.5) is 0 Å². The number of hydrogen-bond acceptors (Lipinski definition) is 5. The molecule has 86 valence electrons. The number of ether oxygens (including phenoxy) is 2. The molecule has 6 heteroatoms. The summed E-state index contributed by atoms with van der Waals surface area (Å²) in [4.78, 5) is 11.4. The molecule has 0 spiro atoms. The molecule has 16 heavy (non-hydrogen) atoms. The van der Waals surface area contributed by atoms with Gasteiger partial charge < -0.3 is 9.47 Å². The van der Waals surface area contributed by atoms with Crippen molar-refractivity contribution in [3.8, 4) is 5.88 Å². The predicted octanol–water partition coefficient (Wildman–Crippen LogP) is 1.85. The molecule has 0 amide bonds. The second kappa shape index (κ2) is 4.65. The molecule has 1 aliphatic rings. The molecular weight excluding hydrogens is 232 g/mol. The van der Waals surface area contributed by atoms with E-state index >= 15 is 0 Å². The molecule has 2 rings (SSSR count). The first-order valence-corrected chi connectivity index (χ1v) is 5.36. The van der Waals surface area contributed by atoms with E-state index in [9.17, 15) is 4.79 Å². The Morgan fingerprint density at radius 1 is 1.50 bits per heavy atom. The lowest BCUT2D eigenvalue weighted by Gasteiger charge is -2.26. The van der Waals surface area contributed by atoms with Gasteiger partial charge in [-0.15, -0.1) is 10.2 Å². The highest BCUT2D eigenvalue weighted by Gasteiger charge is 2.24. The summed E-state index contributed by atoms with van der Waals surface area (Å²) in [5.74, 6) is -0.327. The first kappa shape index (κ1) is 11.1. The maximum Gasteiger partial charge on any atom is 0.343 e. The summed E-state index contributed by atoms with van der Waals surface area (Å²) in [6.45, 7) is 0. The number of aromatic nitrogens is 2. The van der Waals surface area contributed by atoms with Crippen molar-refractivity contribution in [2.75, 3.05) is 7.11 Å². The summed E-state index contributed by atoms with van der Waals surface area (Å²) >= 11 is 5.67. The summed E-state index contributed by atoms with van der Waals surface area (Å²) in [5.41, 5.74) is 0.217. The third-order valence-corrected chi connectivity index (χ3v) is 2.65. The highest BCUT2D eigenvalue weighted by atomic mass is 35.5. The summed E-state index contributed by atoms with van der Waals surface area (Å²) in [6, 6.07) is 1.40. The van der Waals surface area contributed by atoms with Crippen LogP contribution in [0.2, 0.25) is 5.15 Å². The van der Waals surface area contributed by atoms with Gasteiger partial charge in [0.1, 0.15) is 11.7 Å². The van der Waals surface area contributed by atoms with Crippen LogP contribution in [0.1, 0.15) is 29.6 Å². The standard InChI is InChI=1S/C10H11ClN2O3/c1-15-10(14)7-5-8(11)12-13-9(7)16-6-3-2-4-6/h5-6H,2-4H2,1H3. The van der Waals surface area contributed by atoms with Crippen molar-refractivity contribution in [2.45, 2.75) is 25.4 Å². The zero-order valence-electron chi connectivity index (χ0n) is 8.77. The van der Waals surface area contributed by atoms with Crippen LogP contribution in [0.5, 0.6) is 5.88 Å². The Kier molecular flexibility index (Phi) is 3.24. The largest absolute Gasteiger partial charge is 0.473 e. The lowest BCUT2D eigenvalue weighted by Crippen LogP contribution is -2.26. The topological polar surface area (TPSA) is 61.3 Å². The fourth-order valence-electron chi connectivity index (χ4n) is 1.35. The quantitative estimate of drug-likeness (QED) is 0.757. The second-order valence-electron chi connectivity index (χ2n) is 3.55. The lowest BCUT2D eigenvalue weighted by molar-refractivity contribution is 0.0580. The van der Waals surface area contributed by atoms with Gasteiger partial charge in [-0.2, -0.15) is 0 Å². The number of carbonyl (C=O) groups excluding carboxylic acids is 1. The van der Waals surface area contributed by atoms with E-state index < -0.39 is 5.97 Å². The second-order valence-corrected chi connectivity index (χ2v) is 3.94. The molecule has 0 aliphatic heterocycles. The molecular formula is C10H11ClN2O3. The van der Waals surface area contributed by atoms with E-state index in [0.29, 0.717) is 0 Å². The van der Waals surface area contributed by atoms with Crippen LogP contribution in [0.3, 0.4) is 0 Å². The van der Waals surface area contributed by atoms with Crippen LogP contribution in [-0.2, 0) is 4.74 Å². The molecule has 1 heterocycles. The van der Waals surface area contributed by atoms with Gasteiger partial charge in [0.15, 0.2) is 5.15 Å². The highest BCUT2D eigenvalue weighted by molar-refractivity contribution is 6.29. The van der Waals surface area contributed by atoms with Crippen molar-refractivity contribution in [1.29, 1.82) is 0 Å². The van der Waals surface area contributed by atoms with Gasteiger partial charge in [0, 0.05) is 0 Å². The Bertz CT molecular complexity index is 407. The summed E-state index contributed by atoms with van der Waals surface area (Å²) < 4.78 is 10.1. The van der Waals surface area contributed by atoms with Crippen LogP contribution >= 0.6 is 11.6 Å². The molecule has 0 bridgehead atoms. The van der Waals surface area contributed by atoms with Crippen LogP contribution in [-0.4, -0.2) is 29.4 Å². The number of halogens is 1. The van der Waals surface area contributed by atoms with Gasteiger partial charge >= 0.3 is 5.97 Å². The maximum absolute atomic E-state index is 11.4. The van der Waals surface area contributed by atoms with E-state index in [1.54, 1.807) is 0 Å². The Morgan fingerprint density at radius 2 is 2.25 bits per heavy atom. The molecule has 5 nitrogen and oxygen atoms in total. The summed E-state index contributed by atoms with van der Waals surface area (Å²) in [7, 11) is 1.30. The van der Waals surface area contributed by atoms with Crippen molar-refractivity contribution in [1.82, 2.24) is 10.2 Å². The molecule has 1 saturated carbocycles. The van der Waals surface area contributed by atoms with Crippen LogP contribution in [0.25, 0.3) is 0 Å². The number of esters is 1. The Hall–Kier alpha value is -1.36. The summed E-state index contributed by atoms with van der Waals surface area (Å²) in [6.07, 6.45) is 3.22. The lowest BCUT2D eigenvalue weighted by atomic mass is 9.96. The molecule has 0 unspecified atom stereocenters. The van der Waals surface area contributed by atoms with Crippen LogP contribution in [0, 0.1) is 0 Å². The minimum absolute atomic E-state index is 0.124. The molecule has 0 saturated heterocycles. The first-order chi connectivity index (χ1) is 7.70. The number of hydrogen-bond donors (Lipinski definition) is 0. The van der Waals surface area contributed by atoms with Crippen molar-refractivity contribution < 1.29 is 14.3 Å². The average Bonchev–Trinajstić information content (AvgIpc) is 2.23. The third kappa shape index (κ3) is 2.24. The third-order valence-electron chi connectivity index (χ3n) is 2.47. The van der Waals surface area contributed by atoms with Crippen LogP contribution < -0.4 is 4.74 Å². The van der Waals surface area contributed by atoms with Gasteiger partial charge in [-0.3, -0.25) is 0 Å². The molecule has 1 aromatic rings. The predicted molar refractivity (Wildman–Crippen MR) is 56.6 cm³/mol. The monoisotopic (exact) mass is 242 g/mol. The zero-order valence-corrected chi connectivity index (χ0v) is 9.53. The maximum atomic E-state index is 11.4. The average molecular weight is 243 g/mol. The SMILES string of the molecule is COC(=O)c1cc(Cl)nnc1OC1CCC1. The van der Waals surface area contributed by atoms with E-state index in [0.717, 1.165) is 19.3 Å². The van der Waals surface area contributed by atoms with Gasteiger partial charge in [0.2, 0.25) is 5.88 Å². The van der Waals surface area contributed by atoms with E-state index in [-0.39, 0.29) is 22.7 Å². The minimum atomic E-state index is -0.522. The number of nitrogens with zero attached hydrogens (tertiary/aromatic N) is 2. The van der Waals surface area contributed by atoms with Gasteiger partial charge in [-0.1, -0.05) is 11.6 Å². The highest BCUT2D eigenvalue weighted by Crippen LogP contribution is 2.26. The molecule has 1 aromatic heterocycles. The number of carbonyl (C=O) groups is 1. The first-order valence-electron chi connectivity index (χ1n) is 4.99.